The molecule has 28 heavy (non-hydrogen) atoms. The number of fused-ring (bicyclic) bond motifs is 1. The number of anilines is 1. The molecule has 2 aromatic rings. The Morgan fingerprint density at radius 1 is 1.07 bits per heavy atom. The molecule has 0 radical (unpaired) electrons. The van der Waals surface area contributed by atoms with E-state index in [1.807, 2.05) is 0 Å². The van der Waals surface area contributed by atoms with Crippen molar-refractivity contribution in [1.82, 2.24) is 4.90 Å². The van der Waals surface area contributed by atoms with Crippen LogP contribution in [0.5, 0.6) is 5.75 Å². The highest BCUT2D eigenvalue weighted by Crippen LogP contribution is 2.26. The molecule has 0 spiro atoms. The summed E-state index contributed by atoms with van der Waals surface area (Å²) in [7, 11) is 0. The lowest BCUT2D eigenvalue weighted by molar-refractivity contribution is -0.116. The summed E-state index contributed by atoms with van der Waals surface area (Å²) in [5.74, 6) is -1.08. The van der Waals surface area contributed by atoms with Crippen molar-refractivity contribution in [3.8, 4) is 5.75 Å². The van der Waals surface area contributed by atoms with Crippen LogP contribution < -0.4 is 10.1 Å². The van der Waals surface area contributed by atoms with Crippen molar-refractivity contribution in [2.24, 2.45) is 0 Å². The molecule has 0 aliphatic carbocycles. The first-order chi connectivity index (χ1) is 13.3. The Kier molecular flexibility index (Phi) is 6.03. The van der Waals surface area contributed by atoms with Gasteiger partial charge >= 0.3 is 6.61 Å². The molecule has 1 N–H and O–H groups in total. The van der Waals surface area contributed by atoms with Crippen LogP contribution in [0.2, 0.25) is 0 Å². The van der Waals surface area contributed by atoms with Crippen LogP contribution in [0, 0.1) is 0 Å². The van der Waals surface area contributed by atoms with Gasteiger partial charge in [-0.3, -0.25) is 19.3 Å². The van der Waals surface area contributed by atoms with E-state index in [1.54, 1.807) is 18.2 Å². The highest BCUT2D eigenvalue weighted by molar-refractivity contribution is 9.10. The van der Waals surface area contributed by atoms with E-state index < -0.39 is 6.61 Å². The van der Waals surface area contributed by atoms with Crippen LogP contribution in [0.15, 0.2) is 46.9 Å². The fourth-order valence-electron chi connectivity index (χ4n) is 2.81. The van der Waals surface area contributed by atoms with Crippen molar-refractivity contribution in [3.63, 3.8) is 0 Å². The third-order valence-electron chi connectivity index (χ3n) is 4.08. The zero-order valence-corrected chi connectivity index (χ0v) is 16.0. The van der Waals surface area contributed by atoms with Gasteiger partial charge in [0.1, 0.15) is 5.75 Å². The van der Waals surface area contributed by atoms with E-state index in [0.717, 1.165) is 4.90 Å². The minimum atomic E-state index is -2.91. The number of halogens is 3. The van der Waals surface area contributed by atoms with Gasteiger partial charge in [0.15, 0.2) is 0 Å². The number of hydrogen-bond acceptors (Lipinski definition) is 4. The van der Waals surface area contributed by atoms with Gasteiger partial charge in [-0.05, 0) is 48.9 Å². The fourth-order valence-corrected chi connectivity index (χ4v) is 3.17. The first-order valence-electron chi connectivity index (χ1n) is 8.35. The maximum atomic E-state index is 12.4. The number of benzene rings is 2. The van der Waals surface area contributed by atoms with E-state index in [1.165, 1.54) is 24.3 Å². The van der Waals surface area contributed by atoms with Crippen LogP contribution in [-0.4, -0.2) is 35.8 Å². The van der Waals surface area contributed by atoms with Crippen molar-refractivity contribution in [1.29, 1.82) is 0 Å². The quantitative estimate of drug-likeness (QED) is 0.642. The highest BCUT2D eigenvalue weighted by Gasteiger charge is 2.35. The molecule has 0 unspecified atom stereocenters. The Labute approximate surface area is 167 Å². The van der Waals surface area contributed by atoms with Gasteiger partial charge in [0.05, 0.1) is 11.1 Å². The number of hydrogen-bond donors (Lipinski definition) is 1. The van der Waals surface area contributed by atoms with Crippen LogP contribution in [0.4, 0.5) is 14.5 Å². The maximum absolute atomic E-state index is 12.4. The number of ether oxygens (including phenoxy) is 1. The number of nitrogens with one attached hydrogen (secondary N) is 1. The SMILES string of the molecule is O=C(CCCN1C(=O)c2ccc(Br)cc2C1=O)Nc1ccc(OC(F)F)cc1. The smallest absolute Gasteiger partial charge is 0.387 e. The Balaban J connectivity index is 1.49. The van der Waals surface area contributed by atoms with Crippen molar-refractivity contribution < 1.29 is 27.9 Å². The molecule has 1 aliphatic rings. The second-order valence-corrected chi connectivity index (χ2v) is 6.92. The van der Waals surface area contributed by atoms with E-state index in [2.05, 4.69) is 26.0 Å². The lowest BCUT2D eigenvalue weighted by atomic mass is 10.1. The summed E-state index contributed by atoms with van der Waals surface area (Å²) in [5.41, 5.74) is 1.12. The number of imide groups is 1. The number of nitrogens with zero attached hydrogens (tertiary/aromatic N) is 1. The average molecular weight is 453 g/mol. The maximum Gasteiger partial charge on any atom is 0.387 e. The molecule has 0 fully saturated rings. The van der Waals surface area contributed by atoms with Crippen LogP contribution >= 0.6 is 15.9 Å². The Morgan fingerprint density at radius 3 is 2.43 bits per heavy atom. The molecule has 1 heterocycles. The van der Waals surface area contributed by atoms with Gasteiger partial charge in [-0.15, -0.1) is 0 Å². The number of carbonyl (C=O) groups is 3. The average Bonchev–Trinajstić information content (AvgIpc) is 2.87. The largest absolute Gasteiger partial charge is 0.435 e. The van der Waals surface area contributed by atoms with E-state index in [4.69, 9.17) is 0 Å². The zero-order chi connectivity index (χ0) is 20.3. The van der Waals surface area contributed by atoms with Gasteiger partial charge in [0.25, 0.3) is 11.8 Å². The molecule has 0 saturated heterocycles. The summed E-state index contributed by atoms with van der Waals surface area (Å²) in [5, 5.41) is 2.62. The topological polar surface area (TPSA) is 75.7 Å². The summed E-state index contributed by atoms with van der Waals surface area (Å²) >= 11 is 3.27. The summed E-state index contributed by atoms with van der Waals surface area (Å²) in [6.07, 6.45) is 0.386. The van der Waals surface area contributed by atoms with E-state index >= 15 is 0 Å². The summed E-state index contributed by atoms with van der Waals surface area (Å²) in [6, 6.07) is 10.4. The van der Waals surface area contributed by atoms with Crippen LogP contribution in [0.25, 0.3) is 0 Å². The van der Waals surface area contributed by atoms with Gasteiger partial charge in [-0.25, -0.2) is 0 Å². The molecule has 1 aliphatic heterocycles. The highest BCUT2D eigenvalue weighted by atomic mass is 79.9. The second kappa shape index (κ2) is 8.47. The fraction of sp³-hybridized carbons (Fsp3) is 0.211. The van der Waals surface area contributed by atoms with E-state index in [-0.39, 0.29) is 36.4 Å². The molecule has 0 atom stereocenters. The van der Waals surface area contributed by atoms with E-state index in [0.29, 0.717) is 27.7 Å². The lowest BCUT2D eigenvalue weighted by Gasteiger charge is -2.13. The van der Waals surface area contributed by atoms with Crippen molar-refractivity contribution >= 4 is 39.3 Å². The Bertz CT molecular complexity index is 919. The predicted octanol–water partition coefficient (Wildman–Crippen LogP) is 4.07. The van der Waals surface area contributed by atoms with Gasteiger partial charge in [0.2, 0.25) is 5.91 Å². The first-order valence-corrected chi connectivity index (χ1v) is 9.15. The van der Waals surface area contributed by atoms with Crippen LogP contribution in [0.1, 0.15) is 33.6 Å². The van der Waals surface area contributed by atoms with Gasteiger partial charge < -0.3 is 10.1 Å². The number of alkyl halides is 2. The monoisotopic (exact) mass is 452 g/mol. The number of rotatable bonds is 7. The van der Waals surface area contributed by atoms with E-state index in [9.17, 15) is 23.2 Å². The molecule has 6 nitrogen and oxygen atoms in total. The Hall–Kier alpha value is -2.81. The molecule has 3 amide bonds. The number of amides is 3. The Morgan fingerprint density at radius 2 is 1.75 bits per heavy atom. The minimum absolute atomic E-state index is 0.00902. The molecule has 0 saturated carbocycles. The van der Waals surface area contributed by atoms with Crippen LogP contribution in [0.3, 0.4) is 0 Å². The third-order valence-corrected chi connectivity index (χ3v) is 4.57. The zero-order valence-electron chi connectivity index (χ0n) is 14.5. The summed E-state index contributed by atoms with van der Waals surface area (Å²) in [6.45, 7) is -2.79. The summed E-state index contributed by atoms with van der Waals surface area (Å²) < 4.78 is 29.2. The summed E-state index contributed by atoms with van der Waals surface area (Å²) in [4.78, 5) is 37.8. The number of carbonyl (C=O) groups excluding carboxylic acids is 3. The first kappa shape index (κ1) is 19.9. The van der Waals surface area contributed by atoms with Crippen molar-refractivity contribution in [3.05, 3.63) is 58.1 Å². The van der Waals surface area contributed by atoms with Crippen molar-refractivity contribution in [2.45, 2.75) is 19.5 Å². The minimum Gasteiger partial charge on any atom is -0.435 e. The van der Waals surface area contributed by atoms with Gasteiger partial charge in [0, 0.05) is 23.1 Å². The standard InChI is InChI=1S/C19H15BrF2N2O4/c20-11-3-8-14-15(10-11)18(27)24(17(14)26)9-1-2-16(25)23-12-4-6-13(7-5-12)28-19(21)22/h3-8,10,19H,1-2,9H2,(H,23,25). The lowest BCUT2D eigenvalue weighted by Crippen LogP contribution is -2.31. The van der Waals surface area contributed by atoms with Crippen LogP contribution in [-0.2, 0) is 4.79 Å². The molecular weight excluding hydrogens is 438 g/mol. The van der Waals surface area contributed by atoms with Crippen molar-refractivity contribution in [2.75, 3.05) is 11.9 Å². The molecule has 9 heteroatoms. The third kappa shape index (κ3) is 4.53. The molecule has 2 aromatic carbocycles. The molecule has 0 aromatic heterocycles. The molecular formula is C19H15BrF2N2O4. The molecule has 146 valence electrons. The molecule has 0 bridgehead atoms. The van der Waals surface area contributed by atoms with Gasteiger partial charge in [-0.1, -0.05) is 15.9 Å². The molecule has 3 rings (SSSR count). The predicted molar refractivity (Wildman–Crippen MR) is 100 cm³/mol. The normalized spacial score (nSPS) is 13.1. The van der Waals surface area contributed by atoms with Gasteiger partial charge in [-0.2, -0.15) is 8.78 Å². The second-order valence-electron chi connectivity index (χ2n) is 6.01.